The Morgan fingerprint density at radius 1 is 0.309 bits per heavy atom. The molecule has 0 fully saturated rings. The summed E-state index contributed by atoms with van der Waals surface area (Å²) in [5, 5.41) is 32.1. The van der Waals surface area contributed by atoms with Gasteiger partial charge in [0.15, 0.2) is 5.82 Å². The molecule has 0 radical (unpaired) electrons. The molecule has 0 saturated heterocycles. The summed E-state index contributed by atoms with van der Waals surface area (Å²) in [6.45, 7) is 0. The van der Waals surface area contributed by atoms with E-state index in [4.69, 9.17) is 9.97 Å². The fourth-order valence-electron chi connectivity index (χ4n) is 10.7. The molecule has 13 rings (SSSR count). The van der Waals surface area contributed by atoms with Gasteiger partial charge in [-0.3, -0.25) is 0 Å². The zero-order valence-corrected chi connectivity index (χ0v) is 43.6. The van der Waals surface area contributed by atoms with Crippen molar-refractivity contribution in [1.82, 2.24) is 14.5 Å². The normalized spacial score (nSPS) is 10.9. The van der Waals surface area contributed by atoms with Gasteiger partial charge in [-0.25, -0.2) is 9.97 Å². The van der Waals surface area contributed by atoms with E-state index in [2.05, 4.69) is 142 Å². The minimum atomic E-state index is 0.556. The average Bonchev–Trinajstić information content (AvgIpc) is 4.02. The second-order valence-corrected chi connectivity index (χ2v) is 19.6. The average molecular weight is 1040 g/mol. The molecule has 0 amide bonds. The van der Waals surface area contributed by atoms with E-state index in [0.717, 1.165) is 112 Å². The van der Waals surface area contributed by atoms with E-state index < -0.39 is 0 Å². The van der Waals surface area contributed by atoms with Gasteiger partial charge in [-0.15, -0.1) is 0 Å². The molecule has 2 heterocycles. The van der Waals surface area contributed by atoms with E-state index in [1.165, 1.54) is 0 Å². The minimum absolute atomic E-state index is 0.556. The summed E-state index contributed by atoms with van der Waals surface area (Å²) in [4.78, 5) is 14.4. The standard InChI is InChI=1S/C73H46N8/c74-47-50-21-32-61(33-22-50)79(59-17-9-3-10-18-59)64-38-41-71-67(44-64)68-45-65(80(60-19-11-4-12-20-60)62-34-23-51(48-75)24-35-62)39-42-72(68)81(71)63-36-29-53(30-37-63)52-25-27-54(28-26-52)66-40-31-57(43-58(66)49-76)70-46-69(55-13-5-1-6-14-55)77-73(78-70)56-15-7-2-8-16-56/h1-46H. The van der Waals surface area contributed by atoms with E-state index in [-0.39, 0.29) is 0 Å². The second kappa shape index (κ2) is 21.4. The van der Waals surface area contributed by atoms with Crippen LogP contribution in [0.3, 0.4) is 0 Å². The molecule has 0 spiro atoms. The molecule has 8 heteroatoms. The number of rotatable bonds is 12. The zero-order chi connectivity index (χ0) is 54.7. The maximum absolute atomic E-state index is 10.6. The first kappa shape index (κ1) is 49.0. The Labute approximate surface area is 469 Å². The van der Waals surface area contributed by atoms with Gasteiger partial charge in [0.25, 0.3) is 0 Å². The summed E-state index contributed by atoms with van der Waals surface area (Å²) in [6.07, 6.45) is 0. The Bertz CT molecular complexity index is 4340. The van der Waals surface area contributed by atoms with E-state index in [0.29, 0.717) is 22.5 Å². The minimum Gasteiger partial charge on any atom is -0.310 e. The Kier molecular flexibility index (Phi) is 12.9. The third-order valence-electron chi connectivity index (χ3n) is 14.7. The molecular formula is C73H46N8. The molecule has 0 unspecified atom stereocenters. The lowest BCUT2D eigenvalue weighted by Crippen LogP contribution is -2.10. The van der Waals surface area contributed by atoms with Crippen LogP contribution >= 0.6 is 0 Å². The van der Waals surface area contributed by atoms with E-state index in [1.807, 2.05) is 170 Å². The van der Waals surface area contributed by atoms with Crippen LogP contribution in [0.25, 0.3) is 83.6 Å². The summed E-state index contributed by atoms with van der Waals surface area (Å²) < 4.78 is 2.33. The summed E-state index contributed by atoms with van der Waals surface area (Å²) in [7, 11) is 0. The van der Waals surface area contributed by atoms with Gasteiger partial charge >= 0.3 is 0 Å². The third kappa shape index (κ3) is 9.57. The topological polar surface area (TPSA) is 109 Å². The number of benzene rings is 11. The first-order chi connectivity index (χ1) is 40.0. The lowest BCUT2D eigenvalue weighted by atomic mass is 9.95. The molecule has 11 aromatic carbocycles. The molecule has 0 N–H and O–H groups in total. The lowest BCUT2D eigenvalue weighted by molar-refractivity contribution is 1.18. The Morgan fingerprint density at radius 2 is 0.716 bits per heavy atom. The number of nitrogens with zero attached hydrogens (tertiary/aromatic N) is 8. The number of nitriles is 3. The SMILES string of the molecule is N#Cc1ccc(N(c2ccccc2)c2ccc3c(c2)c2cc(N(c4ccccc4)c4ccc(C#N)cc4)ccc2n3-c2ccc(-c3ccc(-c4ccc(-c5cc(-c6ccccc6)nc(-c6ccccc6)n5)cc4C#N)cc3)cc2)cc1. The molecule has 0 bridgehead atoms. The predicted molar refractivity (Wildman–Crippen MR) is 327 cm³/mol. The molecule has 0 aliphatic heterocycles. The van der Waals surface area contributed by atoms with Crippen LogP contribution in [0, 0.1) is 34.0 Å². The van der Waals surface area contributed by atoms with E-state index >= 15 is 0 Å². The number of aromatic nitrogens is 3. The van der Waals surface area contributed by atoms with Gasteiger partial charge in [-0.1, -0.05) is 146 Å². The highest BCUT2D eigenvalue weighted by Gasteiger charge is 2.21. The molecule has 2 aromatic heterocycles. The monoisotopic (exact) mass is 1030 g/mol. The molecule has 0 saturated carbocycles. The summed E-state index contributed by atoms with van der Waals surface area (Å²) >= 11 is 0. The number of hydrogen-bond acceptors (Lipinski definition) is 7. The van der Waals surface area contributed by atoms with Crippen LogP contribution in [0.2, 0.25) is 0 Å². The Morgan fingerprint density at radius 3 is 1.20 bits per heavy atom. The van der Waals surface area contributed by atoms with Crippen LogP contribution in [-0.4, -0.2) is 14.5 Å². The Hall–Kier alpha value is -11.6. The largest absolute Gasteiger partial charge is 0.310 e. The number of anilines is 6. The molecule has 0 aliphatic rings. The summed E-state index contributed by atoms with van der Waals surface area (Å²) in [5.41, 5.74) is 18.8. The highest BCUT2D eigenvalue weighted by atomic mass is 15.1. The van der Waals surface area contributed by atoms with Crippen LogP contribution in [0.4, 0.5) is 34.1 Å². The fourth-order valence-corrected chi connectivity index (χ4v) is 10.7. The van der Waals surface area contributed by atoms with Crippen LogP contribution in [0.15, 0.2) is 279 Å². The summed E-state index contributed by atoms with van der Waals surface area (Å²) in [6, 6.07) is 101. The quantitative estimate of drug-likeness (QED) is 0.120. The number of hydrogen-bond donors (Lipinski definition) is 0. The first-order valence-electron chi connectivity index (χ1n) is 26.5. The third-order valence-corrected chi connectivity index (χ3v) is 14.7. The number of para-hydroxylation sites is 2. The van der Waals surface area contributed by atoms with E-state index in [1.54, 1.807) is 0 Å². The van der Waals surface area contributed by atoms with Crippen molar-refractivity contribution >= 4 is 55.9 Å². The lowest BCUT2D eigenvalue weighted by Gasteiger charge is -2.26. The highest BCUT2D eigenvalue weighted by molar-refractivity contribution is 6.12. The van der Waals surface area contributed by atoms with E-state index in [9.17, 15) is 15.8 Å². The smallest absolute Gasteiger partial charge is 0.160 e. The van der Waals surface area contributed by atoms with Gasteiger partial charge in [0.2, 0.25) is 0 Å². The van der Waals surface area contributed by atoms with Gasteiger partial charge in [-0.2, -0.15) is 15.8 Å². The van der Waals surface area contributed by atoms with Crippen molar-refractivity contribution < 1.29 is 0 Å². The zero-order valence-electron chi connectivity index (χ0n) is 43.6. The van der Waals surface area contributed by atoms with Gasteiger partial charge < -0.3 is 14.4 Å². The van der Waals surface area contributed by atoms with Crippen molar-refractivity contribution in [3.63, 3.8) is 0 Å². The maximum Gasteiger partial charge on any atom is 0.160 e. The van der Waals surface area contributed by atoms with Gasteiger partial charge in [0.1, 0.15) is 0 Å². The van der Waals surface area contributed by atoms with Crippen LogP contribution in [-0.2, 0) is 0 Å². The van der Waals surface area contributed by atoms with Crippen molar-refractivity contribution in [3.05, 3.63) is 296 Å². The van der Waals surface area contributed by atoms with Crippen LogP contribution in [0.1, 0.15) is 16.7 Å². The molecule has 378 valence electrons. The molecular weight excluding hydrogens is 989 g/mol. The second-order valence-electron chi connectivity index (χ2n) is 19.6. The predicted octanol–water partition coefficient (Wildman–Crippen LogP) is 18.5. The Balaban J connectivity index is 0.869. The van der Waals surface area contributed by atoms with Crippen LogP contribution < -0.4 is 9.80 Å². The maximum atomic E-state index is 10.6. The molecule has 0 aliphatic carbocycles. The van der Waals surface area contributed by atoms with Gasteiger partial charge in [0, 0.05) is 67.3 Å². The van der Waals surface area contributed by atoms with Crippen molar-refractivity contribution in [3.8, 4) is 80.1 Å². The van der Waals surface area contributed by atoms with Crippen molar-refractivity contribution in [2.24, 2.45) is 0 Å². The van der Waals surface area contributed by atoms with Gasteiger partial charge in [0.05, 0.1) is 57.3 Å². The molecule has 8 nitrogen and oxygen atoms in total. The van der Waals surface area contributed by atoms with Crippen molar-refractivity contribution in [2.45, 2.75) is 0 Å². The molecule has 81 heavy (non-hydrogen) atoms. The van der Waals surface area contributed by atoms with Crippen molar-refractivity contribution in [1.29, 1.82) is 15.8 Å². The molecule has 0 atom stereocenters. The van der Waals surface area contributed by atoms with Crippen LogP contribution in [0.5, 0.6) is 0 Å². The highest BCUT2D eigenvalue weighted by Crippen LogP contribution is 2.43. The fraction of sp³-hybridized carbons (Fsp3) is 0. The number of fused-ring (bicyclic) bond motifs is 3. The summed E-state index contributed by atoms with van der Waals surface area (Å²) in [5.74, 6) is 0.622. The van der Waals surface area contributed by atoms with Gasteiger partial charge in [-0.05, 0) is 156 Å². The van der Waals surface area contributed by atoms with Crippen molar-refractivity contribution in [2.75, 3.05) is 9.80 Å². The first-order valence-corrected chi connectivity index (χ1v) is 26.5. The molecule has 13 aromatic rings.